The molecule has 1 heterocycles. The Balaban J connectivity index is 0.000000401. The van der Waals surface area contributed by atoms with Crippen LogP contribution >= 0.6 is 8.58 Å². The molecule has 4 heteroatoms. The van der Waals surface area contributed by atoms with Crippen molar-refractivity contribution in [1.29, 1.82) is 0 Å². The van der Waals surface area contributed by atoms with Gasteiger partial charge in [-0.25, -0.2) is 0 Å². The van der Waals surface area contributed by atoms with Crippen LogP contribution in [-0.2, 0) is 68.4 Å². The molecule has 0 unspecified atom stereocenters. The van der Waals surface area contributed by atoms with E-state index in [4.69, 9.17) is 9.47 Å². The van der Waals surface area contributed by atoms with Crippen LogP contribution in [0.15, 0.2) is 48.5 Å². The zero-order valence-electron chi connectivity index (χ0n) is 37.2. The summed E-state index contributed by atoms with van der Waals surface area (Å²) in [4.78, 5) is 0. The Morgan fingerprint density at radius 3 is 0.967 bits per heavy atom. The van der Waals surface area contributed by atoms with Crippen molar-refractivity contribution in [3.63, 3.8) is 0 Å². The van der Waals surface area contributed by atoms with Crippen molar-refractivity contribution in [2.45, 2.75) is 137 Å². The van der Waals surface area contributed by atoms with Crippen molar-refractivity contribution >= 4 is 8.58 Å². The molecule has 0 atom stereocenters. The largest absolute Gasteiger partial charge is 2.00 e. The van der Waals surface area contributed by atoms with Crippen LogP contribution in [0.3, 0.4) is 0 Å². The van der Waals surface area contributed by atoms with Gasteiger partial charge < -0.3 is 9.47 Å². The summed E-state index contributed by atoms with van der Waals surface area (Å²) >= 11 is 0. The maximum Gasteiger partial charge on any atom is 2.00 e. The van der Waals surface area contributed by atoms with Crippen molar-refractivity contribution in [2.75, 3.05) is 14.2 Å². The van der Waals surface area contributed by atoms with Gasteiger partial charge in [-0.3, -0.25) is 0 Å². The molecule has 0 N–H and O–H groups in total. The monoisotopic (exact) mass is 854 g/mol. The Morgan fingerprint density at radius 1 is 0.367 bits per heavy atom. The predicted molar refractivity (Wildman–Crippen MR) is 248 cm³/mol. The van der Waals surface area contributed by atoms with Gasteiger partial charge in [0.1, 0.15) is 11.5 Å². The molecule has 4 aromatic rings. The standard InChI is InChI=1S/C46H48O2P.C10H15.Fe/c1-47-39-25-21-31-13-5-9-17-35(31)45(39)43-33-15-7-3-11-29(33)19-23-37(43)41-27-28-42(49-41)38-24-20-30-12-4-8-16-34(30)44(38)46-36-18-10-6-14-32(36)22-26-40(46)48-2;1-6-7(2)9(4)10(5)8(6)3;/h19-28H,3-18H2,1-2H3;1-5H3;/q;;+2. The minimum absolute atomic E-state index is 0. The van der Waals surface area contributed by atoms with E-state index >= 15 is 0 Å². The second-order valence-electron chi connectivity index (χ2n) is 18.0. The van der Waals surface area contributed by atoms with E-state index in [9.17, 15) is 0 Å². The van der Waals surface area contributed by atoms with E-state index in [0.717, 1.165) is 37.2 Å². The molecular weight excluding hydrogens is 791 g/mol. The Kier molecular flexibility index (Phi) is 14.0. The zero-order valence-corrected chi connectivity index (χ0v) is 39.2. The number of rotatable bonds is 6. The van der Waals surface area contributed by atoms with Crippen molar-refractivity contribution in [2.24, 2.45) is 0 Å². The molecule has 6 aliphatic rings. The van der Waals surface area contributed by atoms with E-state index in [-0.39, 0.29) is 17.1 Å². The van der Waals surface area contributed by atoms with Crippen LogP contribution in [0.1, 0.15) is 142 Å². The molecule has 4 aromatic carbocycles. The van der Waals surface area contributed by atoms with Crippen molar-refractivity contribution in [3.05, 3.63) is 158 Å². The average molecular weight is 855 g/mol. The molecule has 0 aromatic heterocycles. The molecule has 0 spiro atoms. The molecule has 0 bridgehead atoms. The summed E-state index contributed by atoms with van der Waals surface area (Å²) in [5.41, 5.74) is 23.7. The maximum atomic E-state index is 6.20. The van der Waals surface area contributed by atoms with Gasteiger partial charge in [-0.05, 0) is 224 Å². The molecular formula is C56H63FeO2P+2. The number of methoxy groups -OCH3 is 2. The number of aryl methyl sites for hydroxylation is 4. The Labute approximate surface area is 376 Å². The van der Waals surface area contributed by atoms with Gasteiger partial charge in [-0.15, -0.1) is 0 Å². The zero-order chi connectivity index (χ0) is 40.8. The van der Waals surface area contributed by atoms with Gasteiger partial charge in [-0.1, -0.05) is 79.6 Å². The van der Waals surface area contributed by atoms with Gasteiger partial charge >= 0.3 is 17.1 Å². The number of benzene rings is 4. The van der Waals surface area contributed by atoms with Crippen LogP contribution in [0.5, 0.6) is 11.5 Å². The Morgan fingerprint density at radius 2 is 0.650 bits per heavy atom. The van der Waals surface area contributed by atoms with E-state index in [0.29, 0.717) is 0 Å². The first-order valence-corrected chi connectivity index (χ1v) is 23.7. The second-order valence-corrected chi connectivity index (χ2v) is 19.2. The molecule has 1 aliphatic heterocycles. The second kappa shape index (κ2) is 19.0. The predicted octanol–water partition coefficient (Wildman–Crippen LogP) is 14.4. The minimum Gasteiger partial charge on any atom is -0.496 e. The van der Waals surface area contributed by atoms with Crippen molar-refractivity contribution < 1.29 is 26.5 Å². The summed E-state index contributed by atoms with van der Waals surface area (Å²) in [6.45, 7) is 11.0. The molecule has 2 fully saturated rings. The van der Waals surface area contributed by atoms with Crippen LogP contribution in [-0.4, -0.2) is 14.2 Å². The van der Waals surface area contributed by atoms with Gasteiger partial charge in [0, 0.05) is 22.4 Å². The van der Waals surface area contributed by atoms with Crippen LogP contribution < -0.4 is 9.47 Å². The topological polar surface area (TPSA) is 18.5 Å². The van der Waals surface area contributed by atoms with E-state index < -0.39 is 0 Å². The van der Waals surface area contributed by atoms with Crippen molar-refractivity contribution in [3.8, 4) is 33.8 Å². The van der Waals surface area contributed by atoms with Gasteiger partial charge in [0.2, 0.25) is 0 Å². The number of hydrogen-bond acceptors (Lipinski definition) is 2. The first kappa shape index (κ1) is 44.1. The molecule has 10 radical (unpaired) electrons. The molecule has 1 saturated heterocycles. The van der Waals surface area contributed by atoms with E-state index in [2.05, 4.69) is 96.0 Å². The molecule has 310 valence electrons. The third-order valence-corrected chi connectivity index (χ3v) is 16.3. The molecule has 10 rings (SSSR count). The van der Waals surface area contributed by atoms with Crippen LogP contribution in [0.25, 0.3) is 22.3 Å². The first-order valence-electron chi connectivity index (χ1n) is 22.8. The SMILES string of the molecule is COc1ccc2c(c1-c1c([C]3[CH][CH][C](c4ccc5c(c4-c4c(OC)ccc6c4CCCC6)CCCC5)[P]3)ccc3c1CCCC3)CCCC2.C[C]1[C](C)[C](C)[C](C)[C]1C.[Fe+2]. The quantitative estimate of drug-likeness (QED) is 0.142. The fraction of sp³-hybridized carbons (Fsp3) is 0.411. The summed E-state index contributed by atoms with van der Waals surface area (Å²) in [7, 11) is 5.02. The van der Waals surface area contributed by atoms with Crippen molar-refractivity contribution in [1.82, 2.24) is 0 Å². The fourth-order valence-corrected chi connectivity index (χ4v) is 12.4. The molecule has 60 heavy (non-hydrogen) atoms. The summed E-state index contributed by atoms with van der Waals surface area (Å²) in [6.07, 6.45) is 24.4. The molecule has 5 aliphatic carbocycles. The van der Waals surface area contributed by atoms with E-state index in [1.165, 1.54) is 182 Å². The summed E-state index contributed by atoms with van der Waals surface area (Å²) < 4.78 is 12.4. The van der Waals surface area contributed by atoms with Gasteiger partial charge in [0.05, 0.1) is 14.2 Å². The number of ether oxygens (including phenoxy) is 2. The van der Waals surface area contributed by atoms with Crippen LogP contribution in [0.4, 0.5) is 0 Å². The fourth-order valence-electron chi connectivity index (χ4n) is 11.2. The number of hydrogen-bond donors (Lipinski definition) is 0. The van der Waals surface area contributed by atoms with Gasteiger partial charge in [0.15, 0.2) is 0 Å². The number of fused-ring (bicyclic) bond motifs is 4. The third-order valence-electron chi connectivity index (χ3n) is 15.0. The third kappa shape index (κ3) is 8.09. The van der Waals surface area contributed by atoms with Gasteiger partial charge in [-0.2, -0.15) is 0 Å². The molecule has 0 amide bonds. The summed E-state index contributed by atoms with van der Waals surface area (Å²) in [6, 6.07) is 19.0. The smallest absolute Gasteiger partial charge is 0.496 e. The molecule has 1 saturated carbocycles. The Bertz CT molecular complexity index is 1990. The van der Waals surface area contributed by atoms with E-state index in [1.807, 2.05) is 14.2 Å². The summed E-state index contributed by atoms with van der Waals surface area (Å²) in [5.74, 6) is 9.43. The Hall–Kier alpha value is -2.57. The average Bonchev–Trinajstić information content (AvgIpc) is 3.84. The van der Waals surface area contributed by atoms with Crippen LogP contribution in [0, 0.1) is 53.7 Å². The molecule has 2 nitrogen and oxygen atoms in total. The normalized spacial score (nSPS) is 20.4. The summed E-state index contributed by atoms with van der Waals surface area (Å²) in [5, 5.41) is 0. The van der Waals surface area contributed by atoms with Crippen LogP contribution in [0.2, 0.25) is 0 Å². The first-order chi connectivity index (χ1) is 28.8. The maximum absolute atomic E-state index is 6.20. The van der Waals surface area contributed by atoms with E-state index in [1.54, 1.807) is 22.3 Å². The minimum atomic E-state index is 0. The van der Waals surface area contributed by atoms with Gasteiger partial charge in [0.25, 0.3) is 0 Å².